The van der Waals surface area contributed by atoms with Crippen LogP contribution >= 0.6 is 0 Å². The van der Waals surface area contributed by atoms with Gasteiger partial charge in [-0.05, 0) is 13.0 Å². The molecule has 3 heterocycles. The van der Waals surface area contributed by atoms with Crippen LogP contribution in [0.2, 0.25) is 0 Å². The van der Waals surface area contributed by atoms with Gasteiger partial charge in [0.2, 0.25) is 0 Å². The van der Waals surface area contributed by atoms with Crippen LogP contribution in [0.4, 0.5) is 5.82 Å². The highest BCUT2D eigenvalue weighted by Crippen LogP contribution is 2.24. The first-order valence-corrected chi connectivity index (χ1v) is 7.03. The van der Waals surface area contributed by atoms with Crippen molar-refractivity contribution in [2.45, 2.75) is 39.7 Å². The molecule has 0 aliphatic heterocycles. The smallest absolute Gasteiger partial charge is 0.152 e. The van der Waals surface area contributed by atoms with Crippen LogP contribution in [0.3, 0.4) is 0 Å². The van der Waals surface area contributed by atoms with Gasteiger partial charge in [0.15, 0.2) is 5.82 Å². The van der Waals surface area contributed by atoms with Crippen LogP contribution in [0.5, 0.6) is 0 Å². The summed E-state index contributed by atoms with van der Waals surface area (Å²) in [5.41, 5.74) is 4.26. The highest BCUT2D eigenvalue weighted by Gasteiger charge is 2.19. The number of aryl methyl sites for hydroxylation is 1. The normalized spacial score (nSPS) is 12.0. The fourth-order valence-corrected chi connectivity index (χ4v) is 2.16. The number of hydrogen-bond acceptors (Lipinski definition) is 4. The van der Waals surface area contributed by atoms with Crippen molar-refractivity contribution in [2.75, 3.05) is 5.32 Å². The van der Waals surface area contributed by atoms with E-state index in [1.54, 1.807) is 6.20 Å². The van der Waals surface area contributed by atoms with E-state index in [4.69, 9.17) is 0 Å². The second-order valence-electron chi connectivity index (χ2n) is 6.26. The number of aromatic nitrogens is 5. The SMILES string of the molecule is Cc1[nH]ncc1CNc1nccn2nc(C(C)(C)C)cc12. The second-order valence-corrected chi connectivity index (χ2v) is 6.26. The first-order chi connectivity index (χ1) is 9.95. The van der Waals surface area contributed by atoms with Crippen molar-refractivity contribution in [1.82, 2.24) is 24.8 Å². The predicted molar refractivity (Wildman–Crippen MR) is 82.3 cm³/mol. The van der Waals surface area contributed by atoms with E-state index < -0.39 is 0 Å². The van der Waals surface area contributed by atoms with Crippen LogP contribution in [-0.2, 0) is 12.0 Å². The molecule has 3 rings (SSSR count). The fourth-order valence-electron chi connectivity index (χ4n) is 2.16. The molecule has 6 nitrogen and oxygen atoms in total. The van der Waals surface area contributed by atoms with E-state index in [-0.39, 0.29) is 5.41 Å². The van der Waals surface area contributed by atoms with Gasteiger partial charge in [0.25, 0.3) is 0 Å². The average Bonchev–Trinajstić information content (AvgIpc) is 3.02. The van der Waals surface area contributed by atoms with E-state index in [9.17, 15) is 0 Å². The highest BCUT2D eigenvalue weighted by atomic mass is 15.2. The van der Waals surface area contributed by atoms with Crippen molar-refractivity contribution in [2.24, 2.45) is 0 Å². The van der Waals surface area contributed by atoms with E-state index in [1.165, 1.54) is 0 Å². The van der Waals surface area contributed by atoms with Crippen molar-refractivity contribution in [3.8, 4) is 0 Å². The minimum atomic E-state index is 0.0183. The molecule has 21 heavy (non-hydrogen) atoms. The van der Waals surface area contributed by atoms with E-state index in [0.29, 0.717) is 6.54 Å². The zero-order chi connectivity index (χ0) is 15.0. The molecule has 0 radical (unpaired) electrons. The average molecular weight is 284 g/mol. The van der Waals surface area contributed by atoms with Crippen molar-refractivity contribution >= 4 is 11.3 Å². The van der Waals surface area contributed by atoms with Crippen LogP contribution in [0, 0.1) is 6.92 Å². The predicted octanol–water partition coefficient (Wildman–Crippen LogP) is 2.67. The van der Waals surface area contributed by atoms with E-state index in [1.807, 2.05) is 23.8 Å². The van der Waals surface area contributed by atoms with Crippen LogP contribution in [0.1, 0.15) is 37.7 Å². The number of nitrogens with one attached hydrogen (secondary N) is 2. The maximum absolute atomic E-state index is 4.63. The third kappa shape index (κ3) is 2.61. The van der Waals surface area contributed by atoms with Crippen LogP contribution < -0.4 is 5.32 Å². The molecule has 6 heteroatoms. The molecule has 3 aromatic rings. The number of nitrogens with zero attached hydrogens (tertiary/aromatic N) is 4. The molecule has 0 aromatic carbocycles. The fraction of sp³-hybridized carbons (Fsp3) is 0.400. The Morgan fingerprint density at radius 1 is 1.33 bits per heavy atom. The van der Waals surface area contributed by atoms with Gasteiger partial charge in [-0.2, -0.15) is 10.2 Å². The quantitative estimate of drug-likeness (QED) is 0.775. The summed E-state index contributed by atoms with van der Waals surface area (Å²) >= 11 is 0. The molecular weight excluding hydrogens is 264 g/mol. The van der Waals surface area contributed by atoms with Gasteiger partial charge in [-0.25, -0.2) is 9.50 Å². The molecule has 2 N–H and O–H groups in total. The molecule has 0 aliphatic carbocycles. The van der Waals surface area contributed by atoms with Gasteiger partial charge in [-0.15, -0.1) is 0 Å². The Morgan fingerprint density at radius 3 is 2.81 bits per heavy atom. The van der Waals surface area contributed by atoms with Gasteiger partial charge in [0.1, 0.15) is 5.52 Å². The number of anilines is 1. The lowest BCUT2D eigenvalue weighted by Crippen LogP contribution is -2.11. The number of hydrogen-bond donors (Lipinski definition) is 2. The van der Waals surface area contributed by atoms with Crippen molar-refractivity contribution in [3.63, 3.8) is 0 Å². The largest absolute Gasteiger partial charge is 0.364 e. The van der Waals surface area contributed by atoms with Gasteiger partial charge >= 0.3 is 0 Å². The minimum Gasteiger partial charge on any atom is -0.364 e. The van der Waals surface area contributed by atoms with Crippen LogP contribution in [0.15, 0.2) is 24.7 Å². The Kier molecular flexibility index (Phi) is 3.16. The summed E-state index contributed by atoms with van der Waals surface area (Å²) in [7, 11) is 0. The Morgan fingerprint density at radius 2 is 2.14 bits per heavy atom. The number of rotatable bonds is 3. The minimum absolute atomic E-state index is 0.0183. The first kappa shape index (κ1) is 13.6. The van der Waals surface area contributed by atoms with Crippen molar-refractivity contribution in [1.29, 1.82) is 0 Å². The molecule has 0 fully saturated rings. The molecule has 3 aromatic heterocycles. The summed E-state index contributed by atoms with van der Waals surface area (Å²) < 4.78 is 1.87. The standard InChI is InChI=1S/C15H20N6/c1-10-11(9-18-19-10)8-17-14-12-7-13(15(2,3)4)20-21(12)6-5-16-14/h5-7,9H,8H2,1-4H3,(H,16,17)(H,18,19). The Hall–Kier alpha value is -2.37. The molecule has 0 unspecified atom stereocenters. The first-order valence-electron chi connectivity index (χ1n) is 7.03. The topological polar surface area (TPSA) is 70.9 Å². The summed E-state index contributed by atoms with van der Waals surface area (Å²) in [5.74, 6) is 0.834. The lowest BCUT2D eigenvalue weighted by atomic mass is 9.92. The summed E-state index contributed by atoms with van der Waals surface area (Å²) in [6.07, 6.45) is 5.47. The van der Waals surface area contributed by atoms with Gasteiger partial charge < -0.3 is 5.32 Å². The Bertz CT molecular complexity index is 762. The zero-order valence-corrected chi connectivity index (χ0v) is 12.8. The number of aromatic amines is 1. The zero-order valence-electron chi connectivity index (χ0n) is 12.8. The molecule has 110 valence electrons. The third-order valence-corrected chi connectivity index (χ3v) is 3.54. The maximum Gasteiger partial charge on any atom is 0.152 e. The molecule has 0 atom stereocenters. The summed E-state index contributed by atoms with van der Waals surface area (Å²) in [6.45, 7) is 9.16. The second kappa shape index (κ2) is 4.87. The van der Waals surface area contributed by atoms with Crippen molar-refractivity contribution < 1.29 is 0 Å². The third-order valence-electron chi connectivity index (χ3n) is 3.54. The van der Waals surface area contributed by atoms with Crippen molar-refractivity contribution in [3.05, 3.63) is 41.6 Å². The number of H-pyrrole nitrogens is 1. The highest BCUT2D eigenvalue weighted by molar-refractivity contribution is 5.68. The number of fused-ring (bicyclic) bond motifs is 1. The van der Waals surface area contributed by atoms with Gasteiger partial charge in [0, 0.05) is 35.6 Å². The molecule has 0 amide bonds. The summed E-state index contributed by atoms with van der Waals surface area (Å²) in [5, 5.41) is 15.0. The molecule has 0 aliphatic rings. The summed E-state index contributed by atoms with van der Waals surface area (Å²) in [6, 6.07) is 2.09. The Labute approximate surface area is 123 Å². The Balaban J connectivity index is 1.92. The van der Waals surface area contributed by atoms with Crippen LogP contribution in [0.25, 0.3) is 5.52 Å². The van der Waals surface area contributed by atoms with Gasteiger partial charge in [0.05, 0.1) is 11.9 Å². The monoisotopic (exact) mass is 284 g/mol. The summed E-state index contributed by atoms with van der Waals surface area (Å²) in [4.78, 5) is 4.43. The lowest BCUT2D eigenvalue weighted by molar-refractivity contribution is 0.562. The van der Waals surface area contributed by atoms with Gasteiger partial charge in [-0.1, -0.05) is 20.8 Å². The van der Waals surface area contributed by atoms with E-state index in [0.717, 1.165) is 28.3 Å². The van der Waals surface area contributed by atoms with Crippen LogP contribution in [-0.4, -0.2) is 24.8 Å². The molecule has 0 bridgehead atoms. The van der Waals surface area contributed by atoms with E-state index in [2.05, 4.69) is 52.4 Å². The molecule has 0 saturated carbocycles. The van der Waals surface area contributed by atoms with E-state index >= 15 is 0 Å². The lowest BCUT2D eigenvalue weighted by Gasteiger charge is -2.13. The van der Waals surface area contributed by atoms with Gasteiger partial charge in [-0.3, -0.25) is 5.10 Å². The molecule has 0 saturated heterocycles. The molecule has 0 spiro atoms. The maximum atomic E-state index is 4.63. The molecular formula is C15H20N6.